The number of thiazole rings is 1. The average Bonchev–Trinajstić information content (AvgIpc) is 3.30. The van der Waals surface area contributed by atoms with Gasteiger partial charge in [-0.3, -0.25) is 4.79 Å². The first-order chi connectivity index (χ1) is 14.1. The van der Waals surface area contributed by atoms with Crippen LogP contribution in [0.2, 0.25) is 5.15 Å². The minimum Gasteiger partial charge on any atom is -0.497 e. The number of carbonyl (C=O) groups excluding carboxylic acids is 1. The van der Waals surface area contributed by atoms with E-state index in [0.717, 1.165) is 42.2 Å². The average molecular weight is 440 g/mol. The van der Waals surface area contributed by atoms with Gasteiger partial charge in [0.25, 0.3) is 0 Å². The number of nitrogens with one attached hydrogen (secondary N) is 1. The van der Waals surface area contributed by atoms with Crippen LogP contribution in [0.1, 0.15) is 10.4 Å². The molecule has 0 unspecified atom stereocenters. The SMILES string of the molecule is COc1ccc2sc(SCC(=O)c3ccc4[nH]c5nc(Cl)ccc5c4c3)nc2c1. The molecule has 144 valence electrons. The van der Waals surface area contributed by atoms with Crippen molar-refractivity contribution in [3.05, 3.63) is 59.2 Å². The van der Waals surface area contributed by atoms with Crippen molar-refractivity contribution in [1.82, 2.24) is 15.0 Å². The number of nitrogens with zero attached hydrogens (tertiary/aromatic N) is 2. The van der Waals surface area contributed by atoms with Crippen molar-refractivity contribution in [2.45, 2.75) is 4.34 Å². The number of Topliss-reactive ketones (excluding diaryl/α,β-unsaturated/α-hetero) is 1. The number of halogens is 1. The van der Waals surface area contributed by atoms with E-state index >= 15 is 0 Å². The lowest BCUT2D eigenvalue weighted by Crippen LogP contribution is -2.01. The molecule has 0 aliphatic rings. The molecule has 5 rings (SSSR count). The Labute approximate surface area is 179 Å². The smallest absolute Gasteiger partial charge is 0.173 e. The van der Waals surface area contributed by atoms with E-state index in [-0.39, 0.29) is 5.78 Å². The fraction of sp³-hybridized carbons (Fsp3) is 0.0952. The summed E-state index contributed by atoms with van der Waals surface area (Å²) in [5.41, 5.74) is 3.20. The van der Waals surface area contributed by atoms with Crippen molar-refractivity contribution in [1.29, 1.82) is 0 Å². The van der Waals surface area contributed by atoms with Gasteiger partial charge in [-0.2, -0.15) is 0 Å². The van der Waals surface area contributed by atoms with Crippen LogP contribution in [0.25, 0.3) is 32.2 Å². The molecule has 0 amide bonds. The van der Waals surface area contributed by atoms with Crippen LogP contribution in [0.4, 0.5) is 0 Å². The van der Waals surface area contributed by atoms with E-state index < -0.39 is 0 Å². The van der Waals surface area contributed by atoms with Crippen LogP contribution in [-0.2, 0) is 0 Å². The molecule has 0 fully saturated rings. The number of hydrogen-bond acceptors (Lipinski definition) is 6. The number of fused-ring (bicyclic) bond motifs is 4. The summed E-state index contributed by atoms with van der Waals surface area (Å²) in [6, 6.07) is 15.1. The lowest BCUT2D eigenvalue weighted by atomic mass is 10.1. The molecule has 0 saturated heterocycles. The van der Waals surface area contributed by atoms with E-state index in [1.807, 2.05) is 42.5 Å². The Morgan fingerprint density at radius 2 is 2.03 bits per heavy atom. The van der Waals surface area contributed by atoms with Crippen LogP contribution >= 0.6 is 34.7 Å². The van der Waals surface area contributed by atoms with Crippen molar-refractivity contribution in [3.8, 4) is 5.75 Å². The van der Waals surface area contributed by atoms with Gasteiger partial charge in [0.15, 0.2) is 10.1 Å². The van der Waals surface area contributed by atoms with E-state index in [4.69, 9.17) is 16.3 Å². The van der Waals surface area contributed by atoms with Gasteiger partial charge >= 0.3 is 0 Å². The summed E-state index contributed by atoms with van der Waals surface area (Å²) in [7, 11) is 1.64. The molecule has 5 nitrogen and oxygen atoms in total. The third-order valence-corrected chi connectivity index (χ3v) is 7.04. The van der Waals surface area contributed by atoms with Crippen molar-refractivity contribution < 1.29 is 9.53 Å². The minimum atomic E-state index is 0.0602. The highest BCUT2D eigenvalue weighted by Gasteiger charge is 2.13. The van der Waals surface area contributed by atoms with Crippen molar-refractivity contribution >= 4 is 72.6 Å². The summed E-state index contributed by atoms with van der Waals surface area (Å²) >= 11 is 9.01. The van der Waals surface area contributed by atoms with Crippen molar-refractivity contribution in [3.63, 3.8) is 0 Å². The molecule has 0 bridgehead atoms. The predicted octanol–water partition coefficient (Wildman–Crippen LogP) is 5.96. The second-order valence-corrected chi connectivity index (χ2v) is 9.08. The Bertz CT molecular complexity index is 1390. The van der Waals surface area contributed by atoms with Gasteiger partial charge < -0.3 is 9.72 Å². The number of carbonyl (C=O) groups is 1. The number of benzene rings is 2. The summed E-state index contributed by atoms with van der Waals surface area (Å²) in [6.45, 7) is 0. The molecule has 1 N–H and O–H groups in total. The Morgan fingerprint density at radius 3 is 2.90 bits per heavy atom. The maximum Gasteiger partial charge on any atom is 0.173 e. The van der Waals surface area contributed by atoms with Crippen molar-refractivity contribution in [2.24, 2.45) is 0 Å². The van der Waals surface area contributed by atoms with E-state index in [9.17, 15) is 4.79 Å². The molecular weight excluding hydrogens is 426 g/mol. The molecule has 2 aromatic carbocycles. The van der Waals surface area contributed by atoms with Gasteiger partial charge in [-0.1, -0.05) is 23.4 Å². The normalized spacial score (nSPS) is 11.5. The fourth-order valence-corrected chi connectivity index (χ4v) is 5.30. The van der Waals surface area contributed by atoms with Crippen LogP contribution < -0.4 is 4.74 Å². The second kappa shape index (κ2) is 7.33. The lowest BCUT2D eigenvalue weighted by molar-refractivity contribution is 0.102. The number of H-pyrrole nitrogens is 1. The Morgan fingerprint density at radius 1 is 1.14 bits per heavy atom. The molecule has 3 aromatic heterocycles. The van der Waals surface area contributed by atoms with E-state index in [1.165, 1.54) is 11.8 Å². The molecule has 29 heavy (non-hydrogen) atoms. The number of ketones is 1. The molecule has 8 heteroatoms. The number of aromatic nitrogens is 3. The van der Waals surface area contributed by atoms with Gasteiger partial charge in [0, 0.05) is 27.9 Å². The van der Waals surface area contributed by atoms with Gasteiger partial charge in [0.1, 0.15) is 16.5 Å². The van der Waals surface area contributed by atoms with Crippen LogP contribution in [0.3, 0.4) is 0 Å². The third-order valence-electron chi connectivity index (χ3n) is 4.65. The third kappa shape index (κ3) is 3.46. The second-order valence-electron chi connectivity index (χ2n) is 6.44. The van der Waals surface area contributed by atoms with Crippen LogP contribution in [0.15, 0.2) is 52.9 Å². The largest absolute Gasteiger partial charge is 0.497 e. The van der Waals surface area contributed by atoms with Gasteiger partial charge in [-0.05, 0) is 42.5 Å². The quantitative estimate of drug-likeness (QED) is 0.208. The van der Waals surface area contributed by atoms with Crippen molar-refractivity contribution in [2.75, 3.05) is 12.9 Å². The predicted molar refractivity (Wildman–Crippen MR) is 120 cm³/mol. The minimum absolute atomic E-state index is 0.0602. The summed E-state index contributed by atoms with van der Waals surface area (Å²) in [4.78, 5) is 24.9. The van der Waals surface area contributed by atoms with E-state index in [2.05, 4.69) is 15.0 Å². The zero-order valence-electron chi connectivity index (χ0n) is 15.2. The van der Waals surface area contributed by atoms with Crippen LogP contribution in [-0.4, -0.2) is 33.6 Å². The highest BCUT2D eigenvalue weighted by molar-refractivity contribution is 8.01. The number of hydrogen-bond donors (Lipinski definition) is 1. The summed E-state index contributed by atoms with van der Waals surface area (Å²) in [5, 5.41) is 2.35. The Balaban J connectivity index is 1.39. The first kappa shape index (κ1) is 18.4. The van der Waals surface area contributed by atoms with Gasteiger partial charge in [0.05, 0.1) is 23.1 Å². The molecule has 0 aliphatic carbocycles. The Kier molecular flexibility index (Phi) is 4.66. The van der Waals surface area contributed by atoms with Gasteiger partial charge in [-0.15, -0.1) is 11.3 Å². The molecule has 3 heterocycles. The highest BCUT2D eigenvalue weighted by atomic mass is 35.5. The Hall–Kier alpha value is -2.61. The number of thioether (sulfide) groups is 1. The first-order valence-corrected chi connectivity index (χ1v) is 11.0. The zero-order valence-corrected chi connectivity index (χ0v) is 17.6. The number of methoxy groups -OCH3 is 1. The molecular formula is C21H14ClN3O2S2. The zero-order chi connectivity index (χ0) is 20.0. The standard InChI is InChI=1S/C21H14ClN3O2S2/c1-27-12-3-6-18-16(9-12)24-21(29-18)28-10-17(26)11-2-5-15-14(8-11)13-4-7-19(22)25-20(13)23-15/h2-9H,10H2,1H3,(H,23,25). The topological polar surface area (TPSA) is 67.9 Å². The summed E-state index contributed by atoms with van der Waals surface area (Å²) in [6.07, 6.45) is 0. The first-order valence-electron chi connectivity index (χ1n) is 8.79. The number of pyridine rings is 1. The molecule has 0 atom stereocenters. The maximum absolute atomic E-state index is 12.8. The lowest BCUT2D eigenvalue weighted by Gasteiger charge is -2.00. The fourth-order valence-electron chi connectivity index (χ4n) is 3.21. The molecule has 5 aromatic rings. The maximum atomic E-state index is 12.8. The van der Waals surface area contributed by atoms with Crippen LogP contribution in [0, 0.1) is 0 Å². The number of rotatable bonds is 5. The monoisotopic (exact) mass is 439 g/mol. The van der Waals surface area contributed by atoms with Crippen LogP contribution in [0.5, 0.6) is 5.75 Å². The van der Waals surface area contributed by atoms with Gasteiger partial charge in [-0.25, -0.2) is 9.97 Å². The number of aromatic amines is 1. The summed E-state index contributed by atoms with van der Waals surface area (Å²) in [5.74, 6) is 1.16. The molecule has 0 aliphatic heterocycles. The molecule has 0 radical (unpaired) electrons. The molecule has 0 saturated carbocycles. The van der Waals surface area contributed by atoms with E-state index in [0.29, 0.717) is 16.5 Å². The van der Waals surface area contributed by atoms with E-state index in [1.54, 1.807) is 24.5 Å². The highest BCUT2D eigenvalue weighted by Crippen LogP contribution is 2.32. The number of ether oxygens (including phenoxy) is 1. The summed E-state index contributed by atoms with van der Waals surface area (Å²) < 4.78 is 7.19. The molecule has 0 spiro atoms. The van der Waals surface area contributed by atoms with Gasteiger partial charge in [0.2, 0.25) is 0 Å².